The molecule has 0 bridgehead atoms. The van der Waals surface area contributed by atoms with Crippen LogP contribution in [0.25, 0.3) is 0 Å². The fraction of sp³-hybridized carbons (Fsp3) is 0.889. The average Bonchev–Trinajstić information content (AvgIpc) is 2.02. The summed E-state index contributed by atoms with van der Waals surface area (Å²) in [5.41, 5.74) is 0. The van der Waals surface area contributed by atoms with Crippen LogP contribution < -0.4 is 5.09 Å². The molecule has 1 unspecified atom stereocenters. The fourth-order valence-corrected chi connectivity index (χ4v) is 3.59. The summed E-state index contributed by atoms with van der Waals surface area (Å²) in [4.78, 5) is 0. The molecule has 0 saturated heterocycles. The van der Waals surface area contributed by atoms with Gasteiger partial charge in [0.25, 0.3) is 0 Å². The van der Waals surface area contributed by atoms with E-state index in [-0.39, 0.29) is 0 Å². The number of nitrogens with zero attached hydrogens (tertiary/aromatic N) is 2. The molecule has 0 fully saturated rings. The quantitative estimate of drug-likeness (QED) is 0.719. The van der Waals surface area contributed by atoms with E-state index in [0.717, 1.165) is 6.54 Å². The molecule has 0 amide bonds. The molecule has 14 heavy (non-hydrogen) atoms. The summed E-state index contributed by atoms with van der Waals surface area (Å²) in [5.74, 6) is 0. The van der Waals surface area contributed by atoms with Gasteiger partial charge in [-0.25, -0.2) is 0 Å². The van der Waals surface area contributed by atoms with Crippen LogP contribution in [0.2, 0.25) is 0 Å². The Labute approximate surface area is 93.1 Å². The van der Waals surface area contributed by atoms with Crippen LogP contribution in [-0.2, 0) is 0 Å². The standard InChI is InChI=1S/C9H19ClN3P/c1-8(2)12-14(10)13(9(3)4)7-5-6-11/h8-9,12H,5,7H2,1-4H3. The molecular weight excluding hydrogens is 217 g/mol. The molecule has 82 valence electrons. The van der Waals surface area contributed by atoms with Crippen molar-refractivity contribution < 1.29 is 0 Å². The second kappa shape index (κ2) is 7.43. The van der Waals surface area contributed by atoms with Gasteiger partial charge in [0.1, 0.15) is 7.58 Å². The van der Waals surface area contributed by atoms with Crippen LogP contribution in [-0.4, -0.2) is 23.3 Å². The van der Waals surface area contributed by atoms with Gasteiger partial charge < -0.3 is 0 Å². The van der Waals surface area contributed by atoms with Crippen molar-refractivity contribution in [3.63, 3.8) is 0 Å². The van der Waals surface area contributed by atoms with Gasteiger partial charge in [0, 0.05) is 25.0 Å². The highest BCUT2D eigenvalue weighted by Crippen LogP contribution is 2.43. The maximum atomic E-state index is 8.53. The Morgan fingerprint density at radius 1 is 1.43 bits per heavy atom. The maximum Gasteiger partial charge on any atom is 0.138 e. The van der Waals surface area contributed by atoms with Gasteiger partial charge in [0.05, 0.1) is 6.07 Å². The fourth-order valence-electron chi connectivity index (χ4n) is 1.00. The van der Waals surface area contributed by atoms with E-state index in [1.165, 1.54) is 0 Å². The Hall–Kier alpha value is 0.130. The van der Waals surface area contributed by atoms with E-state index in [1.54, 1.807) is 0 Å². The molecule has 0 aromatic carbocycles. The molecule has 5 heteroatoms. The van der Waals surface area contributed by atoms with Gasteiger partial charge in [-0.3, -0.25) is 9.76 Å². The predicted molar refractivity (Wildman–Crippen MR) is 63.1 cm³/mol. The van der Waals surface area contributed by atoms with Crippen LogP contribution in [0.15, 0.2) is 0 Å². The highest BCUT2D eigenvalue weighted by Gasteiger charge is 2.19. The van der Waals surface area contributed by atoms with Crippen molar-refractivity contribution in [3.8, 4) is 6.07 Å². The van der Waals surface area contributed by atoms with E-state index in [2.05, 4.69) is 43.5 Å². The second-order valence-corrected chi connectivity index (χ2v) is 5.96. The van der Waals surface area contributed by atoms with Crippen LogP contribution in [0.1, 0.15) is 34.1 Å². The van der Waals surface area contributed by atoms with Crippen LogP contribution in [0.3, 0.4) is 0 Å². The lowest BCUT2D eigenvalue weighted by atomic mass is 10.3. The molecule has 1 atom stereocenters. The van der Waals surface area contributed by atoms with Crippen molar-refractivity contribution in [1.29, 1.82) is 5.26 Å². The highest BCUT2D eigenvalue weighted by molar-refractivity contribution is 7.80. The van der Waals surface area contributed by atoms with Crippen LogP contribution in [0.5, 0.6) is 0 Å². The van der Waals surface area contributed by atoms with E-state index in [1.807, 2.05) is 0 Å². The van der Waals surface area contributed by atoms with Crippen molar-refractivity contribution in [2.24, 2.45) is 0 Å². The molecule has 0 aliphatic carbocycles. The molecule has 0 spiro atoms. The summed E-state index contributed by atoms with van der Waals surface area (Å²) in [5, 5.41) is 11.8. The summed E-state index contributed by atoms with van der Waals surface area (Å²) in [7, 11) is -0.830. The van der Waals surface area contributed by atoms with Gasteiger partial charge in [-0.15, -0.1) is 0 Å². The number of nitriles is 1. The number of nitrogens with one attached hydrogen (secondary N) is 1. The Morgan fingerprint density at radius 3 is 2.36 bits per heavy atom. The monoisotopic (exact) mass is 235 g/mol. The molecule has 0 radical (unpaired) electrons. The molecule has 0 aliphatic rings. The minimum atomic E-state index is -0.830. The minimum absolute atomic E-state index is 0.373. The summed E-state index contributed by atoms with van der Waals surface area (Å²) < 4.78 is 2.14. The van der Waals surface area contributed by atoms with Crippen LogP contribution in [0, 0.1) is 11.3 Å². The molecule has 0 aromatic rings. The SMILES string of the molecule is CC(C)NP(Cl)N(CCC#N)C(C)C. The van der Waals surface area contributed by atoms with Gasteiger partial charge in [-0.1, -0.05) is 11.2 Å². The summed E-state index contributed by atoms with van der Waals surface area (Å²) in [6.07, 6.45) is 0.531. The Morgan fingerprint density at radius 2 is 2.00 bits per heavy atom. The third-order valence-electron chi connectivity index (χ3n) is 1.64. The minimum Gasteiger partial charge on any atom is -0.268 e. The summed E-state index contributed by atoms with van der Waals surface area (Å²) in [6.45, 7) is 9.07. The van der Waals surface area contributed by atoms with E-state index in [0.29, 0.717) is 18.5 Å². The van der Waals surface area contributed by atoms with Gasteiger partial charge in [-0.2, -0.15) is 5.26 Å². The van der Waals surface area contributed by atoms with Crippen molar-refractivity contribution in [2.45, 2.75) is 46.2 Å². The van der Waals surface area contributed by atoms with Gasteiger partial charge in [0.2, 0.25) is 0 Å². The largest absolute Gasteiger partial charge is 0.268 e. The van der Waals surface area contributed by atoms with Crippen molar-refractivity contribution in [3.05, 3.63) is 0 Å². The summed E-state index contributed by atoms with van der Waals surface area (Å²) in [6, 6.07) is 2.89. The smallest absolute Gasteiger partial charge is 0.138 e. The van der Waals surface area contributed by atoms with Crippen molar-refractivity contribution in [2.75, 3.05) is 6.54 Å². The molecular formula is C9H19ClN3P. The second-order valence-electron chi connectivity index (χ2n) is 3.71. The normalized spacial score (nSPS) is 13.6. The Kier molecular flexibility index (Phi) is 7.49. The number of hydrogen-bond donors (Lipinski definition) is 1. The zero-order valence-corrected chi connectivity index (χ0v) is 10.9. The highest BCUT2D eigenvalue weighted by atomic mass is 35.7. The Bertz CT molecular complexity index is 191. The third-order valence-corrected chi connectivity index (χ3v) is 4.36. The first-order valence-corrected chi connectivity index (χ1v) is 7.04. The van der Waals surface area contributed by atoms with Crippen LogP contribution in [0.4, 0.5) is 0 Å². The molecule has 0 heterocycles. The van der Waals surface area contributed by atoms with Crippen LogP contribution >= 0.6 is 18.8 Å². The molecule has 0 aromatic heterocycles. The molecule has 0 saturated carbocycles. The van der Waals surface area contributed by atoms with E-state index in [4.69, 9.17) is 16.5 Å². The first kappa shape index (κ1) is 14.1. The maximum absolute atomic E-state index is 8.53. The van der Waals surface area contributed by atoms with Gasteiger partial charge >= 0.3 is 0 Å². The summed E-state index contributed by atoms with van der Waals surface area (Å²) >= 11 is 6.24. The number of hydrogen-bond acceptors (Lipinski definition) is 3. The Balaban J connectivity index is 4.12. The number of rotatable bonds is 6. The van der Waals surface area contributed by atoms with E-state index < -0.39 is 7.58 Å². The first-order valence-electron chi connectivity index (χ1n) is 4.84. The first-order chi connectivity index (χ1) is 6.49. The van der Waals surface area contributed by atoms with Gasteiger partial charge in [-0.05, 0) is 27.7 Å². The zero-order chi connectivity index (χ0) is 11.1. The average molecular weight is 236 g/mol. The molecule has 0 rings (SSSR count). The predicted octanol–water partition coefficient (Wildman–Crippen LogP) is 3.07. The van der Waals surface area contributed by atoms with E-state index in [9.17, 15) is 0 Å². The van der Waals surface area contributed by atoms with E-state index >= 15 is 0 Å². The number of halogens is 1. The topological polar surface area (TPSA) is 39.1 Å². The van der Waals surface area contributed by atoms with Crippen molar-refractivity contribution in [1.82, 2.24) is 9.76 Å². The third kappa shape index (κ3) is 5.78. The lowest BCUT2D eigenvalue weighted by Crippen LogP contribution is -2.31. The molecule has 1 N–H and O–H groups in total. The lowest BCUT2D eigenvalue weighted by molar-refractivity contribution is 0.389. The zero-order valence-electron chi connectivity index (χ0n) is 9.29. The molecule has 0 aliphatic heterocycles. The lowest BCUT2D eigenvalue weighted by Gasteiger charge is -2.31. The van der Waals surface area contributed by atoms with Crippen molar-refractivity contribution >= 4 is 18.8 Å². The molecule has 3 nitrogen and oxygen atoms in total. The van der Waals surface area contributed by atoms with Gasteiger partial charge in [0.15, 0.2) is 0 Å².